The van der Waals surface area contributed by atoms with E-state index in [4.69, 9.17) is 4.74 Å². The first-order valence-electron chi connectivity index (χ1n) is 10.2. The molecule has 4 aromatic rings. The van der Waals surface area contributed by atoms with Crippen molar-refractivity contribution in [1.29, 1.82) is 0 Å². The van der Waals surface area contributed by atoms with Gasteiger partial charge in [-0.25, -0.2) is 0 Å². The third-order valence-electron chi connectivity index (χ3n) is 5.02. The average Bonchev–Trinajstić information content (AvgIpc) is 3.23. The van der Waals surface area contributed by atoms with Gasteiger partial charge >= 0.3 is 0 Å². The van der Waals surface area contributed by atoms with Crippen molar-refractivity contribution in [3.05, 3.63) is 90.0 Å². The molecular weight excluding hydrogens is 448 g/mol. The maximum Gasteiger partial charge on any atom is 0.259 e. The van der Waals surface area contributed by atoms with E-state index in [0.717, 1.165) is 5.56 Å². The number of nitrogens with zero attached hydrogens (tertiary/aromatic N) is 3. The van der Waals surface area contributed by atoms with Crippen molar-refractivity contribution < 1.29 is 14.3 Å². The lowest BCUT2D eigenvalue weighted by Gasteiger charge is -2.09. The van der Waals surface area contributed by atoms with Gasteiger partial charge in [0, 0.05) is 23.9 Å². The number of thioether (sulfide) groups is 1. The highest BCUT2D eigenvalue weighted by Gasteiger charge is 2.15. The van der Waals surface area contributed by atoms with Crippen LogP contribution in [0, 0.1) is 0 Å². The molecule has 0 unspecified atom stereocenters. The maximum atomic E-state index is 12.6. The van der Waals surface area contributed by atoms with Gasteiger partial charge in [0.25, 0.3) is 5.91 Å². The first-order chi connectivity index (χ1) is 16.1. The highest BCUT2D eigenvalue weighted by Crippen LogP contribution is 2.25. The van der Waals surface area contributed by atoms with Crippen LogP contribution in [0.2, 0.25) is 0 Å². The van der Waals surface area contributed by atoms with Crippen LogP contribution in [0.15, 0.2) is 84.0 Å². The lowest BCUT2D eigenvalue weighted by Crippen LogP contribution is -2.13. The summed E-state index contributed by atoms with van der Waals surface area (Å²) < 4.78 is 7.11. The molecule has 8 heteroatoms. The molecule has 34 heavy (non-hydrogen) atoms. The van der Waals surface area contributed by atoms with E-state index in [1.807, 2.05) is 60.1 Å². The summed E-state index contributed by atoms with van der Waals surface area (Å²) in [6.07, 6.45) is 0. The number of para-hydroxylation sites is 1. The van der Waals surface area contributed by atoms with Gasteiger partial charge in [-0.15, -0.1) is 10.2 Å². The molecule has 0 fully saturated rings. The van der Waals surface area contributed by atoms with E-state index < -0.39 is 0 Å². The molecule has 0 aliphatic rings. The topological polar surface area (TPSA) is 86.1 Å². The zero-order valence-corrected chi connectivity index (χ0v) is 19.0. The van der Waals surface area contributed by atoms with Crippen LogP contribution in [0.1, 0.15) is 28.1 Å². The number of ketones is 1. The quantitative estimate of drug-likeness (QED) is 0.274. The summed E-state index contributed by atoms with van der Waals surface area (Å²) in [5.41, 5.74) is 2.64. The highest BCUT2D eigenvalue weighted by molar-refractivity contribution is 7.99. The third-order valence-corrected chi connectivity index (χ3v) is 6.04. The predicted molar refractivity (Wildman–Crippen MR) is 136 cm³/mol. The Hall–Kier alpha value is -3.91. The Labute approximate surface area is 203 Å². The zero-order valence-electron chi connectivity index (χ0n) is 18.2. The Morgan fingerprint density at radius 1 is 0.941 bits per heavy atom. The van der Waals surface area contributed by atoms with Gasteiger partial charge in [-0.05, 0) is 36.4 Å². The van der Waals surface area contributed by atoms with Crippen LogP contribution in [0.25, 0.3) is 11.4 Å². The molecule has 0 saturated carbocycles. The van der Waals surface area contributed by atoms with Crippen LogP contribution < -0.4 is 10.1 Å². The van der Waals surface area contributed by atoms with Crippen LogP contribution in [0.3, 0.4) is 0 Å². The molecule has 1 aromatic heterocycles. The van der Waals surface area contributed by atoms with Crippen molar-refractivity contribution in [2.45, 2.75) is 12.6 Å². The van der Waals surface area contributed by atoms with Crippen molar-refractivity contribution >= 4 is 29.1 Å². The van der Waals surface area contributed by atoms with Crippen LogP contribution in [0.4, 0.5) is 5.69 Å². The number of rotatable bonds is 8. The SMILES string of the molecule is C.COc1ccccc1C(=O)Nc1ccc(-c2nnc(SCC(=O)c3ccccc3)n2C)cc1. The molecule has 0 bridgehead atoms. The molecule has 3 aromatic carbocycles. The van der Waals surface area contributed by atoms with Gasteiger partial charge in [0.15, 0.2) is 16.8 Å². The van der Waals surface area contributed by atoms with Crippen molar-refractivity contribution in [3.63, 3.8) is 0 Å². The molecule has 0 saturated heterocycles. The molecule has 1 amide bonds. The normalized spacial score (nSPS) is 10.3. The smallest absolute Gasteiger partial charge is 0.259 e. The Kier molecular flexibility index (Phi) is 8.21. The third kappa shape index (κ3) is 5.52. The molecular formula is C26H26N4O3S. The predicted octanol–water partition coefficient (Wildman–Crippen LogP) is 5.35. The fourth-order valence-electron chi connectivity index (χ4n) is 3.26. The minimum atomic E-state index is -0.249. The monoisotopic (exact) mass is 474 g/mol. The minimum Gasteiger partial charge on any atom is -0.496 e. The number of anilines is 1. The van der Waals surface area contributed by atoms with E-state index in [1.165, 1.54) is 18.9 Å². The maximum absolute atomic E-state index is 12.6. The number of nitrogens with one attached hydrogen (secondary N) is 1. The van der Waals surface area contributed by atoms with Crippen LogP contribution >= 0.6 is 11.8 Å². The Balaban J connectivity index is 0.00000324. The first-order valence-corrected chi connectivity index (χ1v) is 11.2. The first kappa shape index (κ1) is 24.7. The van der Waals surface area contributed by atoms with E-state index in [9.17, 15) is 9.59 Å². The summed E-state index contributed by atoms with van der Waals surface area (Å²) in [5, 5.41) is 12.0. The lowest BCUT2D eigenvalue weighted by atomic mass is 10.1. The number of amides is 1. The number of methoxy groups -OCH3 is 1. The second-order valence-corrected chi connectivity index (χ2v) is 8.12. The summed E-state index contributed by atoms with van der Waals surface area (Å²) in [6, 6.07) is 23.6. The number of aromatic nitrogens is 3. The van der Waals surface area contributed by atoms with Gasteiger partial charge in [0.05, 0.1) is 18.4 Å². The molecule has 4 rings (SSSR count). The number of hydrogen-bond acceptors (Lipinski definition) is 6. The van der Waals surface area contributed by atoms with Gasteiger partial charge in [0.1, 0.15) is 5.75 Å². The fourth-order valence-corrected chi connectivity index (χ4v) is 4.07. The summed E-state index contributed by atoms with van der Waals surface area (Å²) in [7, 11) is 3.40. The van der Waals surface area contributed by atoms with Gasteiger partial charge in [-0.2, -0.15) is 0 Å². The number of carbonyl (C=O) groups is 2. The molecule has 1 heterocycles. The van der Waals surface area contributed by atoms with Crippen molar-refractivity contribution in [1.82, 2.24) is 14.8 Å². The Morgan fingerprint density at radius 3 is 2.32 bits per heavy atom. The average molecular weight is 475 g/mol. The Bertz CT molecular complexity index is 1270. The van der Waals surface area contributed by atoms with E-state index in [-0.39, 0.29) is 24.9 Å². The van der Waals surface area contributed by atoms with Crippen LogP contribution in [-0.4, -0.2) is 39.3 Å². The van der Waals surface area contributed by atoms with Crippen molar-refractivity contribution in [3.8, 4) is 17.1 Å². The van der Waals surface area contributed by atoms with Crippen molar-refractivity contribution in [2.75, 3.05) is 18.2 Å². The summed E-state index contributed by atoms with van der Waals surface area (Å²) in [5.74, 6) is 1.26. The van der Waals surface area contributed by atoms with Crippen LogP contribution in [0.5, 0.6) is 5.75 Å². The summed E-state index contributed by atoms with van der Waals surface area (Å²) in [4.78, 5) is 24.9. The zero-order chi connectivity index (χ0) is 23.2. The molecule has 0 aliphatic carbocycles. The number of benzene rings is 3. The second kappa shape index (κ2) is 11.3. The molecule has 0 spiro atoms. The number of carbonyl (C=O) groups excluding carboxylic acids is 2. The lowest BCUT2D eigenvalue weighted by molar-refractivity contribution is 0.101. The minimum absolute atomic E-state index is 0. The molecule has 7 nitrogen and oxygen atoms in total. The molecule has 0 atom stereocenters. The standard InChI is InChI=1S/C25H22N4O3S.CH4/c1-29-23(27-28-25(29)33-16-21(30)17-8-4-3-5-9-17)18-12-14-19(15-13-18)26-24(31)20-10-6-7-11-22(20)32-2;/h3-15H,16H2,1-2H3,(H,26,31);1H4. The molecule has 1 N–H and O–H groups in total. The number of Topliss-reactive ketones (excluding diaryl/α,β-unsaturated/α-hetero) is 1. The van der Waals surface area contributed by atoms with Gasteiger partial charge in [-0.1, -0.05) is 61.7 Å². The summed E-state index contributed by atoms with van der Waals surface area (Å²) in [6.45, 7) is 0. The largest absolute Gasteiger partial charge is 0.496 e. The van der Waals surface area contributed by atoms with E-state index in [2.05, 4.69) is 15.5 Å². The number of hydrogen-bond donors (Lipinski definition) is 1. The number of ether oxygens (including phenoxy) is 1. The van der Waals surface area contributed by atoms with E-state index in [0.29, 0.717) is 33.5 Å². The summed E-state index contributed by atoms with van der Waals surface area (Å²) >= 11 is 1.35. The second-order valence-electron chi connectivity index (χ2n) is 7.17. The fraction of sp³-hybridized carbons (Fsp3) is 0.154. The van der Waals surface area contributed by atoms with Gasteiger partial charge in [0.2, 0.25) is 0 Å². The Morgan fingerprint density at radius 2 is 1.62 bits per heavy atom. The van der Waals surface area contributed by atoms with E-state index in [1.54, 1.807) is 30.3 Å². The van der Waals surface area contributed by atoms with Gasteiger partial charge in [-0.3, -0.25) is 9.59 Å². The molecule has 174 valence electrons. The molecule has 0 aliphatic heterocycles. The highest BCUT2D eigenvalue weighted by atomic mass is 32.2. The van der Waals surface area contributed by atoms with Crippen molar-refractivity contribution in [2.24, 2.45) is 7.05 Å². The molecule has 0 radical (unpaired) electrons. The van der Waals surface area contributed by atoms with Gasteiger partial charge < -0.3 is 14.6 Å². The van der Waals surface area contributed by atoms with E-state index >= 15 is 0 Å². The van der Waals surface area contributed by atoms with Crippen LogP contribution in [-0.2, 0) is 7.05 Å².